The lowest BCUT2D eigenvalue weighted by Gasteiger charge is -2.41. The zero-order chi connectivity index (χ0) is 13.0. The molecule has 0 heterocycles. The van der Waals surface area contributed by atoms with E-state index in [4.69, 9.17) is 0 Å². The number of carboxylic acids is 1. The number of aromatic carboxylic acids is 1. The predicted molar refractivity (Wildman–Crippen MR) is 72.8 cm³/mol. The van der Waals surface area contributed by atoms with Crippen molar-refractivity contribution in [2.45, 2.75) is 24.7 Å². The summed E-state index contributed by atoms with van der Waals surface area (Å²) >= 11 is 0. The van der Waals surface area contributed by atoms with Crippen molar-refractivity contribution >= 4 is 5.97 Å². The number of hydrogen-bond acceptors (Lipinski definition) is 1. The number of rotatable bonds is 1. The van der Waals surface area contributed by atoms with Crippen molar-refractivity contribution in [3.63, 3.8) is 0 Å². The summed E-state index contributed by atoms with van der Waals surface area (Å²) in [4.78, 5) is 11.5. The van der Waals surface area contributed by atoms with Gasteiger partial charge < -0.3 is 5.11 Å². The molecule has 2 aromatic carbocycles. The summed E-state index contributed by atoms with van der Waals surface area (Å²) < 4.78 is 0. The van der Waals surface area contributed by atoms with E-state index in [0.717, 1.165) is 18.4 Å². The second-order valence-corrected chi connectivity index (χ2v) is 5.43. The van der Waals surface area contributed by atoms with Crippen molar-refractivity contribution in [1.29, 1.82) is 0 Å². The zero-order valence-electron chi connectivity index (χ0n) is 10.5. The van der Waals surface area contributed by atoms with Crippen molar-refractivity contribution in [3.8, 4) is 0 Å². The largest absolute Gasteiger partial charge is 0.478 e. The summed E-state index contributed by atoms with van der Waals surface area (Å²) in [5.74, 6) is -0.152. The van der Waals surface area contributed by atoms with Crippen molar-refractivity contribution in [2.75, 3.05) is 0 Å². The average molecular weight is 250 g/mol. The minimum Gasteiger partial charge on any atom is -0.478 e. The Kier molecular flexibility index (Phi) is 2.10. The Labute approximate surface area is 111 Å². The lowest BCUT2D eigenvalue weighted by Crippen LogP contribution is -2.26. The molecular weight excluding hydrogens is 236 g/mol. The summed E-state index contributed by atoms with van der Waals surface area (Å²) in [7, 11) is 0. The van der Waals surface area contributed by atoms with Gasteiger partial charge in [0.25, 0.3) is 0 Å². The van der Waals surface area contributed by atoms with Gasteiger partial charge in [-0.15, -0.1) is 0 Å². The topological polar surface area (TPSA) is 37.3 Å². The van der Waals surface area contributed by atoms with Crippen LogP contribution in [0.3, 0.4) is 0 Å². The molecular formula is C17H14O2. The van der Waals surface area contributed by atoms with Crippen molar-refractivity contribution < 1.29 is 9.90 Å². The van der Waals surface area contributed by atoms with Crippen molar-refractivity contribution in [2.24, 2.45) is 0 Å². The van der Waals surface area contributed by atoms with Crippen LogP contribution in [-0.2, 0) is 0 Å². The smallest absolute Gasteiger partial charge is 0.335 e. The van der Waals surface area contributed by atoms with E-state index in [1.807, 2.05) is 6.07 Å². The highest BCUT2D eigenvalue weighted by atomic mass is 16.4. The van der Waals surface area contributed by atoms with Crippen molar-refractivity contribution in [1.82, 2.24) is 0 Å². The third-order valence-corrected chi connectivity index (χ3v) is 4.58. The van der Waals surface area contributed by atoms with Gasteiger partial charge in [0.1, 0.15) is 0 Å². The molecule has 5 rings (SSSR count). The molecule has 2 unspecified atom stereocenters. The SMILES string of the molecule is O=C(O)c1cccc2c1C1CCC2c2ccccc21. The van der Waals surface area contributed by atoms with E-state index in [2.05, 4.69) is 30.3 Å². The second-order valence-electron chi connectivity index (χ2n) is 5.43. The van der Waals surface area contributed by atoms with Gasteiger partial charge >= 0.3 is 5.97 Å². The maximum Gasteiger partial charge on any atom is 0.335 e. The Morgan fingerprint density at radius 1 is 0.895 bits per heavy atom. The highest BCUT2D eigenvalue weighted by Gasteiger charge is 2.39. The van der Waals surface area contributed by atoms with Crippen LogP contribution in [0.4, 0.5) is 0 Å². The molecule has 3 aliphatic rings. The first-order valence-electron chi connectivity index (χ1n) is 6.72. The molecule has 2 atom stereocenters. The molecule has 0 spiro atoms. The van der Waals surface area contributed by atoms with Gasteiger partial charge in [-0.2, -0.15) is 0 Å². The number of carboxylic acid groups (broad SMARTS) is 1. The van der Waals surface area contributed by atoms with Gasteiger partial charge in [0, 0.05) is 11.8 Å². The van der Waals surface area contributed by atoms with Gasteiger partial charge in [-0.1, -0.05) is 36.4 Å². The fraction of sp³-hybridized carbons (Fsp3) is 0.235. The summed E-state index contributed by atoms with van der Waals surface area (Å²) in [5.41, 5.74) is 5.51. The normalized spacial score (nSPS) is 22.7. The molecule has 0 saturated heterocycles. The Bertz CT molecular complexity index is 687. The molecule has 2 heteroatoms. The van der Waals surface area contributed by atoms with Gasteiger partial charge in [-0.3, -0.25) is 0 Å². The van der Waals surface area contributed by atoms with Crippen LogP contribution in [0.2, 0.25) is 0 Å². The number of hydrogen-bond donors (Lipinski definition) is 1. The van der Waals surface area contributed by atoms with Gasteiger partial charge in [-0.25, -0.2) is 4.79 Å². The average Bonchev–Trinajstić information content (AvgIpc) is 2.47. The fourth-order valence-corrected chi connectivity index (χ4v) is 3.88. The van der Waals surface area contributed by atoms with Gasteiger partial charge in [-0.05, 0) is 41.2 Å². The molecule has 3 aliphatic carbocycles. The number of carbonyl (C=O) groups is 1. The molecule has 0 amide bonds. The molecule has 0 fully saturated rings. The van der Waals surface area contributed by atoms with Crippen LogP contribution in [0.15, 0.2) is 42.5 Å². The van der Waals surface area contributed by atoms with Gasteiger partial charge in [0.15, 0.2) is 0 Å². The minimum absolute atomic E-state index is 0.267. The Hall–Kier alpha value is -2.09. The van der Waals surface area contributed by atoms with E-state index in [9.17, 15) is 9.90 Å². The zero-order valence-corrected chi connectivity index (χ0v) is 10.5. The lowest BCUT2D eigenvalue weighted by atomic mass is 9.63. The molecule has 94 valence electrons. The predicted octanol–water partition coefficient (Wildman–Crippen LogP) is 3.76. The second kappa shape index (κ2) is 3.70. The molecule has 1 N–H and O–H groups in total. The summed E-state index contributed by atoms with van der Waals surface area (Å²) in [6, 6.07) is 14.2. The number of benzene rings is 2. The summed E-state index contributed by atoms with van der Waals surface area (Å²) in [5, 5.41) is 9.42. The molecule has 2 nitrogen and oxygen atoms in total. The highest BCUT2D eigenvalue weighted by molar-refractivity contribution is 5.91. The standard InChI is InChI=1S/C17H14O2/c18-17(19)15-7-3-6-13-12-8-9-14(16(13)15)11-5-2-1-4-10(11)12/h1-7,12,14H,8-9H2,(H,18,19). The maximum absolute atomic E-state index is 11.5. The lowest BCUT2D eigenvalue weighted by molar-refractivity contribution is 0.0694. The maximum atomic E-state index is 11.5. The van der Waals surface area contributed by atoms with Crippen LogP contribution in [-0.4, -0.2) is 11.1 Å². The summed E-state index contributed by atoms with van der Waals surface area (Å²) in [6.07, 6.45) is 2.21. The van der Waals surface area contributed by atoms with Crippen LogP contribution in [0.25, 0.3) is 0 Å². The molecule has 2 bridgehead atoms. The minimum atomic E-state index is -0.804. The van der Waals surface area contributed by atoms with Crippen LogP contribution < -0.4 is 0 Å². The van der Waals surface area contributed by atoms with Crippen LogP contribution in [0.1, 0.15) is 57.3 Å². The molecule has 0 aliphatic heterocycles. The first kappa shape index (κ1) is 10.8. The Morgan fingerprint density at radius 2 is 1.53 bits per heavy atom. The fourth-order valence-electron chi connectivity index (χ4n) is 3.88. The third-order valence-electron chi connectivity index (χ3n) is 4.58. The first-order valence-corrected chi connectivity index (χ1v) is 6.72. The Morgan fingerprint density at radius 3 is 2.26 bits per heavy atom. The molecule has 0 radical (unpaired) electrons. The van der Waals surface area contributed by atoms with Crippen molar-refractivity contribution in [3.05, 3.63) is 70.3 Å². The third kappa shape index (κ3) is 1.34. The van der Waals surface area contributed by atoms with Crippen LogP contribution in [0.5, 0.6) is 0 Å². The van der Waals surface area contributed by atoms with Crippen LogP contribution in [0, 0.1) is 0 Å². The van der Waals surface area contributed by atoms with Gasteiger partial charge in [0.05, 0.1) is 5.56 Å². The molecule has 0 saturated carbocycles. The van der Waals surface area contributed by atoms with Crippen LogP contribution >= 0.6 is 0 Å². The first-order chi connectivity index (χ1) is 9.27. The quantitative estimate of drug-likeness (QED) is 0.836. The van der Waals surface area contributed by atoms with E-state index in [-0.39, 0.29) is 5.92 Å². The van der Waals surface area contributed by atoms with E-state index < -0.39 is 5.97 Å². The van der Waals surface area contributed by atoms with E-state index in [0.29, 0.717) is 11.5 Å². The molecule has 0 aromatic heterocycles. The van der Waals surface area contributed by atoms with E-state index >= 15 is 0 Å². The van der Waals surface area contributed by atoms with Gasteiger partial charge in [0.2, 0.25) is 0 Å². The molecule has 2 aromatic rings. The Balaban J connectivity index is 2.03. The monoisotopic (exact) mass is 250 g/mol. The van der Waals surface area contributed by atoms with E-state index in [1.165, 1.54) is 16.7 Å². The summed E-state index contributed by atoms with van der Waals surface area (Å²) in [6.45, 7) is 0. The molecule has 19 heavy (non-hydrogen) atoms. The highest BCUT2D eigenvalue weighted by Crippen LogP contribution is 2.53. The number of fused-ring (bicyclic) bond motifs is 1. The van der Waals surface area contributed by atoms with E-state index in [1.54, 1.807) is 6.07 Å².